The van der Waals surface area contributed by atoms with Crippen molar-refractivity contribution in [2.24, 2.45) is 0 Å². The van der Waals surface area contributed by atoms with Crippen molar-refractivity contribution in [3.8, 4) is 11.3 Å². The maximum absolute atomic E-state index is 13.0. The van der Waals surface area contributed by atoms with Gasteiger partial charge in [-0.05, 0) is 30.7 Å². The molecule has 94 valence electrons. The second-order valence-corrected chi connectivity index (χ2v) is 4.23. The first-order valence-corrected chi connectivity index (χ1v) is 5.64. The molecule has 0 fully saturated rings. The Morgan fingerprint density at radius 2 is 2.17 bits per heavy atom. The molecule has 0 bridgehead atoms. The highest BCUT2D eigenvalue weighted by atomic mass is 35.5. The average Bonchev–Trinajstić information content (AvgIpc) is 2.70. The highest BCUT2D eigenvalue weighted by Crippen LogP contribution is 2.31. The summed E-state index contributed by atoms with van der Waals surface area (Å²) in [6, 6.07) is 4.12. The Hall–Kier alpha value is -1.81. The maximum atomic E-state index is 13.0. The number of ether oxygens (including phenoxy) is 1. The molecule has 1 N–H and O–H groups in total. The van der Waals surface area contributed by atoms with Crippen molar-refractivity contribution in [3.05, 3.63) is 46.4 Å². The van der Waals surface area contributed by atoms with Crippen LogP contribution in [0.1, 0.15) is 15.9 Å². The highest BCUT2D eigenvalue weighted by molar-refractivity contribution is 6.33. The van der Waals surface area contributed by atoms with Crippen LogP contribution in [0.5, 0.6) is 0 Å². The molecule has 0 saturated carbocycles. The van der Waals surface area contributed by atoms with Gasteiger partial charge in [-0.3, -0.25) is 0 Å². The Balaban J connectivity index is 2.52. The van der Waals surface area contributed by atoms with Gasteiger partial charge in [0.15, 0.2) is 0 Å². The van der Waals surface area contributed by atoms with E-state index in [0.29, 0.717) is 16.8 Å². The van der Waals surface area contributed by atoms with Gasteiger partial charge < -0.3 is 9.72 Å². The largest absolute Gasteiger partial charge is 0.465 e. The number of hydrogen-bond acceptors (Lipinski definition) is 2. The second kappa shape index (κ2) is 4.82. The second-order valence-electron chi connectivity index (χ2n) is 3.82. The number of rotatable bonds is 2. The van der Waals surface area contributed by atoms with Crippen LogP contribution in [-0.2, 0) is 4.74 Å². The lowest BCUT2D eigenvalue weighted by Gasteiger charge is -2.04. The molecule has 2 rings (SSSR count). The van der Waals surface area contributed by atoms with Crippen LogP contribution in [-0.4, -0.2) is 18.1 Å². The third kappa shape index (κ3) is 2.11. The Morgan fingerprint density at radius 3 is 2.78 bits per heavy atom. The molecule has 0 aliphatic rings. The van der Waals surface area contributed by atoms with E-state index in [1.54, 1.807) is 19.2 Å². The molecule has 18 heavy (non-hydrogen) atoms. The van der Waals surface area contributed by atoms with E-state index in [4.69, 9.17) is 11.6 Å². The number of aromatic nitrogens is 1. The monoisotopic (exact) mass is 267 g/mol. The maximum Gasteiger partial charge on any atom is 0.339 e. The van der Waals surface area contributed by atoms with Crippen molar-refractivity contribution in [1.29, 1.82) is 0 Å². The molecule has 0 radical (unpaired) electrons. The molecule has 0 amide bonds. The molecule has 0 aliphatic carbocycles. The van der Waals surface area contributed by atoms with Crippen molar-refractivity contribution in [2.75, 3.05) is 7.11 Å². The van der Waals surface area contributed by atoms with Crippen LogP contribution in [0.2, 0.25) is 5.02 Å². The number of nitrogens with one attached hydrogen (secondary N) is 1. The normalized spacial score (nSPS) is 10.4. The summed E-state index contributed by atoms with van der Waals surface area (Å²) >= 11 is 5.98. The Bertz CT molecular complexity index is 607. The quantitative estimate of drug-likeness (QED) is 0.845. The summed E-state index contributed by atoms with van der Waals surface area (Å²) in [5.41, 5.74) is 2.48. The minimum absolute atomic E-state index is 0.288. The molecule has 0 spiro atoms. The van der Waals surface area contributed by atoms with E-state index in [2.05, 4.69) is 9.72 Å². The molecule has 0 unspecified atom stereocenters. The summed E-state index contributed by atoms with van der Waals surface area (Å²) in [5.74, 6) is -0.825. The topological polar surface area (TPSA) is 42.1 Å². The van der Waals surface area contributed by atoms with Crippen LogP contribution in [0.25, 0.3) is 11.3 Å². The van der Waals surface area contributed by atoms with Crippen molar-refractivity contribution in [2.45, 2.75) is 6.92 Å². The predicted octanol–water partition coefficient (Wildman–Crippen LogP) is 3.57. The Morgan fingerprint density at radius 1 is 1.44 bits per heavy atom. The van der Waals surface area contributed by atoms with Gasteiger partial charge in [0.2, 0.25) is 0 Å². The third-order valence-corrected chi connectivity index (χ3v) is 3.06. The van der Waals surface area contributed by atoms with Gasteiger partial charge >= 0.3 is 5.97 Å². The number of benzene rings is 1. The molecule has 2 aromatic rings. The van der Waals surface area contributed by atoms with E-state index in [1.807, 2.05) is 0 Å². The summed E-state index contributed by atoms with van der Waals surface area (Å²) in [5, 5.41) is 0.288. The number of carbonyl (C=O) groups is 1. The smallest absolute Gasteiger partial charge is 0.339 e. The number of esters is 1. The molecule has 1 aromatic heterocycles. The molecule has 0 atom stereocenters. The Labute approximate surface area is 109 Å². The first-order chi connectivity index (χ1) is 8.54. The number of aromatic amines is 1. The van der Waals surface area contributed by atoms with E-state index >= 15 is 0 Å². The van der Waals surface area contributed by atoms with Gasteiger partial charge in [-0.15, -0.1) is 0 Å². The minimum Gasteiger partial charge on any atom is -0.465 e. The summed E-state index contributed by atoms with van der Waals surface area (Å²) in [7, 11) is 1.32. The number of carbonyl (C=O) groups excluding carboxylic acids is 1. The fourth-order valence-corrected chi connectivity index (χ4v) is 2.05. The molecule has 1 heterocycles. The van der Waals surface area contributed by atoms with Crippen LogP contribution in [0, 0.1) is 12.7 Å². The fourth-order valence-electron chi connectivity index (χ4n) is 1.79. The third-order valence-electron chi connectivity index (χ3n) is 2.75. The van der Waals surface area contributed by atoms with Crippen molar-refractivity contribution >= 4 is 17.6 Å². The minimum atomic E-state index is -0.423. The summed E-state index contributed by atoms with van der Waals surface area (Å²) in [6.07, 6.45) is 1.55. The van der Waals surface area contributed by atoms with Gasteiger partial charge in [0.1, 0.15) is 5.82 Å². The SMILES string of the molecule is COC(=O)c1c[nH]c(-c2ccc(F)cc2Cl)c1C. The predicted molar refractivity (Wildman–Crippen MR) is 67.3 cm³/mol. The summed E-state index contributed by atoms with van der Waals surface area (Å²) < 4.78 is 17.6. The average molecular weight is 268 g/mol. The number of methoxy groups -OCH3 is 1. The van der Waals surface area contributed by atoms with Gasteiger partial charge in [0.05, 0.1) is 23.4 Å². The lowest BCUT2D eigenvalue weighted by atomic mass is 10.1. The summed E-state index contributed by atoms with van der Waals surface area (Å²) in [4.78, 5) is 14.4. The molecule has 0 aliphatic heterocycles. The first kappa shape index (κ1) is 12.6. The lowest BCUT2D eigenvalue weighted by molar-refractivity contribution is 0.0600. The van der Waals surface area contributed by atoms with Crippen LogP contribution in [0.3, 0.4) is 0 Å². The van der Waals surface area contributed by atoms with E-state index in [0.717, 1.165) is 5.56 Å². The van der Waals surface area contributed by atoms with Crippen molar-refractivity contribution in [1.82, 2.24) is 4.98 Å². The summed E-state index contributed by atoms with van der Waals surface area (Å²) in [6.45, 7) is 1.78. The zero-order valence-electron chi connectivity index (χ0n) is 9.88. The van der Waals surface area contributed by atoms with Gasteiger partial charge in [0.25, 0.3) is 0 Å². The van der Waals surface area contributed by atoms with E-state index in [-0.39, 0.29) is 5.02 Å². The molecule has 5 heteroatoms. The number of halogens is 2. The fraction of sp³-hybridized carbons (Fsp3) is 0.154. The van der Waals surface area contributed by atoms with E-state index in [1.165, 1.54) is 19.2 Å². The Kier molecular flexibility index (Phi) is 3.39. The van der Waals surface area contributed by atoms with E-state index in [9.17, 15) is 9.18 Å². The van der Waals surface area contributed by atoms with Crippen LogP contribution >= 0.6 is 11.6 Å². The van der Waals surface area contributed by atoms with Crippen molar-refractivity contribution < 1.29 is 13.9 Å². The van der Waals surface area contributed by atoms with E-state index < -0.39 is 11.8 Å². The van der Waals surface area contributed by atoms with Crippen LogP contribution in [0.4, 0.5) is 4.39 Å². The van der Waals surface area contributed by atoms with Crippen LogP contribution in [0.15, 0.2) is 24.4 Å². The van der Waals surface area contributed by atoms with Gasteiger partial charge in [-0.1, -0.05) is 11.6 Å². The molecule has 0 saturated heterocycles. The first-order valence-electron chi connectivity index (χ1n) is 5.26. The van der Waals surface area contributed by atoms with Gasteiger partial charge in [0, 0.05) is 11.8 Å². The molecule has 1 aromatic carbocycles. The standard InChI is InChI=1S/C13H11ClFNO2/c1-7-10(13(17)18-2)6-16-12(7)9-4-3-8(15)5-11(9)14/h3-6,16H,1-2H3. The van der Waals surface area contributed by atoms with Gasteiger partial charge in [-0.25, -0.2) is 9.18 Å². The van der Waals surface area contributed by atoms with Crippen LogP contribution < -0.4 is 0 Å². The zero-order chi connectivity index (χ0) is 13.3. The highest BCUT2D eigenvalue weighted by Gasteiger charge is 2.17. The molecule has 3 nitrogen and oxygen atoms in total. The zero-order valence-corrected chi connectivity index (χ0v) is 10.6. The molecular formula is C13H11ClFNO2. The van der Waals surface area contributed by atoms with Crippen molar-refractivity contribution in [3.63, 3.8) is 0 Å². The lowest BCUT2D eigenvalue weighted by Crippen LogP contribution is -2.01. The number of H-pyrrole nitrogens is 1. The molecular weight excluding hydrogens is 257 g/mol. The van der Waals surface area contributed by atoms with Gasteiger partial charge in [-0.2, -0.15) is 0 Å². The number of hydrogen-bond donors (Lipinski definition) is 1.